The molecule has 2 aromatic heterocycles. The molecule has 0 bridgehead atoms. The molecule has 2 aromatic carbocycles. The van der Waals surface area contributed by atoms with E-state index in [2.05, 4.69) is 21.2 Å². The molecule has 0 aliphatic heterocycles. The van der Waals surface area contributed by atoms with Gasteiger partial charge < -0.3 is 4.57 Å². The number of aryl methyl sites for hydroxylation is 1. The number of hydrogen-bond acceptors (Lipinski definition) is 5. The lowest BCUT2D eigenvalue weighted by Gasteiger charge is -2.13. The van der Waals surface area contributed by atoms with Crippen molar-refractivity contribution in [2.75, 3.05) is 6.26 Å². The molecule has 0 unspecified atom stereocenters. The molecule has 0 amide bonds. The Labute approximate surface area is 234 Å². The number of benzene rings is 2. The monoisotopic (exact) mass is 587 g/mol. The van der Waals surface area contributed by atoms with Gasteiger partial charge in [0.15, 0.2) is 9.84 Å². The second-order valence-corrected chi connectivity index (χ2v) is 11.3. The molecule has 0 fully saturated rings. The molecule has 0 aliphatic rings. The highest BCUT2D eigenvalue weighted by molar-refractivity contribution is 7.90. The third kappa shape index (κ3) is 6.45. The van der Waals surface area contributed by atoms with E-state index in [0.29, 0.717) is 44.0 Å². The van der Waals surface area contributed by atoms with Gasteiger partial charge in [0.25, 0.3) is 6.43 Å². The molecule has 0 N–H and O–H groups in total. The number of halogens is 4. The molecule has 0 atom stereocenters. The van der Waals surface area contributed by atoms with E-state index in [4.69, 9.17) is 29.6 Å². The van der Waals surface area contributed by atoms with Crippen molar-refractivity contribution < 1.29 is 17.2 Å². The summed E-state index contributed by atoms with van der Waals surface area (Å²) in [5.41, 5.74) is 2.16. The van der Waals surface area contributed by atoms with E-state index in [1.807, 2.05) is 0 Å². The van der Waals surface area contributed by atoms with Crippen LogP contribution >= 0.6 is 23.2 Å². The van der Waals surface area contributed by atoms with E-state index >= 15 is 0 Å². The van der Waals surface area contributed by atoms with Gasteiger partial charge in [0.05, 0.1) is 28.4 Å². The number of nitrogens with zero attached hydrogens (tertiary/aromatic N) is 5. The van der Waals surface area contributed by atoms with Crippen LogP contribution in [0.5, 0.6) is 0 Å². The van der Waals surface area contributed by atoms with Gasteiger partial charge in [-0.3, -0.25) is 0 Å². The first-order valence-electron chi connectivity index (χ1n) is 11.3. The average molecular weight is 588 g/mol. The molecule has 200 valence electrons. The summed E-state index contributed by atoms with van der Waals surface area (Å²) < 4.78 is 54.0. The molecule has 0 saturated carbocycles. The maximum absolute atomic E-state index is 13.5. The number of imidazole rings is 1. The number of terminal acetylenes is 1. The lowest BCUT2D eigenvalue weighted by Crippen LogP contribution is -2.10. The van der Waals surface area contributed by atoms with Crippen LogP contribution in [0, 0.1) is 19.3 Å². The highest BCUT2D eigenvalue weighted by Gasteiger charge is 2.18. The van der Waals surface area contributed by atoms with E-state index in [1.54, 1.807) is 54.1 Å². The first-order valence-corrected chi connectivity index (χ1v) is 14.0. The van der Waals surface area contributed by atoms with Crippen LogP contribution in [0.15, 0.2) is 71.9 Å². The van der Waals surface area contributed by atoms with Gasteiger partial charge in [-0.05, 0) is 55.0 Å². The second-order valence-electron chi connectivity index (χ2n) is 8.47. The summed E-state index contributed by atoms with van der Waals surface area (Å²) in [7, 11) is -3.46. The summed E-state index contributed by atoms with van der Waals surface area (Å²) in [6, 6.07) is 11.2. The van der Waals surface area contributed by atoms with Crippen molar-refractivity contribution in [1.82, 2.24) is 24.5 Å². The third-order valence-corrected chi connectivity index (χ3v) is 7.40. The first kappa shape index (κ1) is 28.2. The molecule has 4 aromatic rings. The highest BCUT2D eigenvalue weighted by Crippen LogP contribution is 2.31. The normalized spacial score (nSPS) is 12.7. The first-order chi connectivity index (χ1) is 18.5. The lowest BCUT2D eigenvalue weighted by atomic mass is 10.1. The zero-order chi connectivity index (χ0) is 28.3. The Bertz CT molecular complexity index is 1750. The largest absolute Gasteiger partial charge is 0.305 e. The van der Waals surface area contributed by atoms with Gasteiger partial charge in [-0.15, -0.1) is 11.5 Å². The molecule has 0 aliphatic carbocycles. The molecule has 0 saturated heterocycles. The summed E-state index contributed by atoms with van der Waals surface area (Å²) >= 11 is 12.4. The van der Waals surface area contributed by atoms with Crippen LogP contribution < -0.4 is 0 Å². The highest BCUT2D eigenvalue weighted by atomic mass is 35.5. The van der Waals surface area contributed by atoms with Crippen molar-refractivity contribution in [3.8, 4) is 23.6 Å². The minimum atomic E-state index is -3.46. The fourth-order valence-corrected chi connectivity index (χ4v) is 5.01. The number of allylic oxidation sites excluding steroid dienone is 4. The van der Waals surface area contributed by atoms with Gasteiger partial charge in [-0.2, -0.15) is 0 Å². The summed E-state index contributed by atoms with van der Waals surface area (Å²) in [5.74, 6) is 2.88. The van der Waals surface area contributed by atoms with Crippen LogP contribution in [0.3, 0.4) is 0 Å². The van der Waals surface area contributed by atoms with Gasteiger partial charge in [0, 0.05) is 34.3 Å². The van der Waals surface area contributed by atoms with E-state index < -0.39 is 16.3 Å². The van der Waals surface area contributed by atoms with E-state index in [9.17, 15) is 17.2 Å². The van der Waals surface area contributed by atoms with Crippen LogP contribution in [-0.4, -0.2) is 39.2 Å². The topological polar surface area (TPSA) is 82.7 Å². The zero-order valence-corrected chi connectivity index (χ0v) is 23.0. The van der Waals surface area contributed by atoms with Crippen LogP contribution in [0.1, 0.15) is 23.5 Å². The quantitative estimate of drug-likeness (QED) is 0.177. The van der Waals surface area contributed by atoms with Crippen LogP contribution in [0.25, 0.3) is 22.5 Å². The van der Waals surface area contributed by atoms with Gasteiger partial charge in [0.2, 0.25) is 0 Å². The molecule has 7 nitrogen and oxygen atoms in total. The minimum absolute atomic E-state index is 0.0753. The Hall–Kier alpha value is -3.78. The van der Waals surface area contributed by atoms with Crippen molar-refractivity contribution in [3.63, 3.8) is 0 Å². The molecule has 39 heavy (non-hydrogen) atoms. The van der Waals surface area contributed by atoms with E-state index in [0.717, 1.165) is 6.26 Å². The Balaban J connectivity index is 1.82. The maximum atomic E-state index is 13.5. The predicted octanol–water partition coefficient (Wildman–Crippen LogP) is 6.36. The Morgan fingerprint density at radius 2 is 1.95 bits per heavy atom. The summed E-state index contributed by atoms with van der Waals surface area (Å²) in [5, 5.41) is 9.01. The van der Waals surface area contributed by atoms with E-state index in [1.165, 1.54) is 29.1 Å². The van der Waals surface area contributed by atoms with Crippen molar-refractivity contribution in [2.45, 2.75) is 24.8 Å². The number of rotatable bonds is 8. The minimum Gasteiger partial charge on any atom is -0.305 e. The van der Waals surface area contributed by atoms with Crippen LogP contribution in [-0.2, 0) is 16.4 Å². The third-order valence-electron chi connectivity index (χ3n) is 5.74. The molecule has 2 heterocycles. The predicted molar refractivity (Wildman–Crippen MR) is 148 cm³/mol. The summed E-state index contributed by atoms with van der Waals surface area (Å²) in [6.45, 7) is 1.67. The second kappa shape index (κ2) is 11.5. The fraction of sp³-hybridized carbons (Fsp3) is 0.148. The molecular formula is C27H21Cl2F2N5O2S. The zero-order valence-electron chi connectivity index (χ0n) is 20.7. The van der Waals surface area contributed by atoms with Crippen LogP contribution in [0.4, 0.5) is 8.78 Å². The average Bonchev–Trinajstić information content (AvgIpc) is 3.50. The SMILES string of the molecule is C#C/C(=C\C=C(/Cn1nncc1-c1ccc(Cl)cc1Cl)n1cc(C(F)F)nc1C)c1cccc(S(C)(=O)=O)c1. The summed E-state index contributed by atoms with van der Waals surface area (Å²) in [6.07, 6.45) is 10.1. The van der Waals surface area contributed by atoms with Crippen molar-refractivity contribution in [2.24, 2.45) is 0 Å². The smallest absolute Gasteiger partial charge is 0.281 e. The molecule has 0 spiro atoms. The number of sulfone groups is 1. The summed E-state index contributed by atoms with van der Waals surface area (Å²) in [4.78, 5) is 4.09. The molecule has 4 rings (SSSR count). The Kier molecular flexibility index (Phi) is 8.35. The van der Waals surface area contributed by atoms with Gasteiger partial charge >= 0.3 is 0 Å². The molecular weight excluding hydrogens is 567 g/mol. The fourth-order valence-electron chi connectivity index (χ4n) is 3.84. The van der Waals surface area contributed by atoms with Crippen molar-refractivity contribution in [3.05, 3.63) is 94.1 Å². The van der Waals surface area contributed by atoms with Crippen molar-refractivity contribution in [1.29, 1.82) is 0 Å². The lowest BCUT2D eigenvalue weighted by molar-refractivity contribution is 0.146. The standard InChI is InChI=1S/C27H21Cl2F2N5O2S/c1-4-18(19-6-5-7-22(12-19)39(3,37)38)8-10-21(35-16-25(27(30)31)33-17(35)2)15-36-26(14-32-34-36)23-11-9-20(28)13-24(23)29/h1,5-14,16,27H,15H2,2-3H3/b18-8+,21-10+. The van der Waals surface area contributed by atoms with Crippen molar-refractivity contribution >= 4 is 44.3 Å². The van der Waals surface area contributed by atoms with Gasteiger partial charge in [-0.1, -0.05) is 46.5 Å². The Morgan fingerprint density at radius 3 is 2.59 bits per heavy atom. The molecule has 0 radical (unpaired) electrons. The van der Waals surface area contributed by atoms with Gasteiger partial charge in [-0.25, -0.2) is 26.9 Å². The number of alkyl halides is 2. The van der Waals surface area contributed by atoms with Crippen LogP contribution in [0.2, 0.25) is 10.0 Å². The molecule has 12 heteroatoms. The maximum Gasteiger partial charge on any atom is 0.281 e. The van der Waals surface area contributed by atoms with E-state index in [-0.39, 0.29) is 17.1 Å². The number of hydrogen-bond donors (Lipinski definition) is 0. The Morgan fingerprint density at radius 1 is 1.18 bits per heavy atom. The number of aromatic nitrogens is 5. The van der Waals surface area contributed by atoms with Gasteiger partial charge in [0.1, 0.15) is 11.5 Å².